The van der Waals surface area contributed by atoms with E-state index >= 15 is 0 Å². The van der Waals surface area contributed by atoms with Gasteiger partial charge in [0.1, 0.15) is 11.6 Å². The lowest BCUT2D eigenvalue weighted by molar-refractivity contribution is 0.390. The number of hydrogen-bond acceptors (Lipinski definition) is 2. The fraction of sp³-hybridized carbons (Fsp3) is 0.250. The molecule has 21 heavy (non-hydrogen) atoms. The van der Waals surface area contributed by atoms with E-state index in [4.69, 9.17) is 32.7 Å². The zero-order valence-electron chi connectivity index (χ0n) is 11.3. The molecule has 3 rings (SSSR count). The van der Waals surface area contributed by atoms with Gasteiger partial charge in [-0.05, 0) is 24.3 Å². The van der Waals surface area contributed by atoms with E-state index in [2.05, 4.69) is 0 Å². The Morgan fingerprint density at radius 1 is 1.29 bits per heavy atom. The molecule has 0 amide bonds. The summed E-state index contributed by atoms with van der Waals surface area (Å²) in [5.41, 5.74) is 1.89. The Morgan fingerprint density at radius 3 is 2.52 bits per heavy atom. The van der Waals surface area contributed by atoms with Crippen molar-refractivity contribution in [2.75, 3.05) is 13.7 Å². The Labute approximate surface area is 132 Å². The fourth-order valence-electron chi connectivity index (χ4n) is 2.41. The van der Waals surface area contributed by atoms with E-state index < -0.39 is 0 Å². The number of rotatable bonds is 4. The molecule has 0 spiro atoms. The molecular formula is C16H13Cl2FO2. The highest BCUT2D eigenvalue weighted by Crippen LogP contribution is 2.42. The normalized spacial score (nSPS) is 16.9. The van der Waals surface area contributed by atoms with Gasteiger partial charge in [-0.2, -0.15) is 0 Å². The molecule has 1 aliphatic heterocycles. The van der Waals surface area contributed by atoms with Crippen LogP contribution in [0.5, 0.6) is 5.75 Å². The van der Waals surface area contributed by atoms with Crippen LogP contribution in [-0.4, -0.2) is 19.8 Å². The molecule has 0 saturated carbocycles. The van der Waals surface area contributed by atoms with E-state index in [9.17, 15) is 4.39 Å². The third kappa shape index (κ3) is 3.00. The van der Waals surface area contributed by atoms with Crippen molar-refractivity contribution >= 4 is 23.2 Å². The molecule has 2 aromatic carbocycles. The Kier molecular flexibility index (Phi) is 4.07. The van der Waals surface area contributed by atoms with Crippen LogP contribution in [0.3, 0.4) is 0 Å². The summed E-state index contributed by atoms with van der Waals surface area (Å²) >= 11 is 12.5. The summed E-state index contributed by atoms with van der Waals surface area (Å²) in [5, 5.41) is 0.917. The van der Waals surface area contributed by atoms with Gasteiger partial charge in [-0.15, -0.1) is 0 Å². The first-order valence-corrected chi connectivity index (χ1v) is 7.28. The van der Waals surface area contributed by atoms with Crippen LogP contribution < -0.4 is 4.74 Å². The first-order valence-electron chi connectivity index (χ1n) is 6.52. The van der Waals surface area contributed by atoms with Crippen molar-refractivity contribution in [2.24, 2.45) is 0 Å². The van der Waals surface area contributed by atoms with Crippen LogP contribution in [0.25, 0.3) is 11.1 Å². The fourth-order valence-corrected chi connectivity index (χ4v) is 3.02. The van der Waals surface area contributed by atoms with Crippen LogP contribution in [0.15, 0.2) is 30.3 Å². The zero-order valence-corrected chi connectivity index (χ0v) is 12.8. The maximum Gasteiger partial charge on any atom is 0.130 e. The molecule has 0 unspecified atom stereocenters. The van der Waals surface area contributed by atoms with Crippen molar-refractivity contribution < 1.29 is 13.9 Å². The van der Waals surface area contributed by atoms with Crippen LogP contribution in [0.2, 0.25) is 10.0 Å². The van der Waals surface area contributed by atoms with Gasteiger partial charge in [-0.3, -0.25) is 0 Å². The summed E-state index contributed by atoms with van der Waals surface area (Å²) in [5.74, 6) is 0.235. The smallest absolute Gasteiger partial charge is 0.130 e. The van der Waals surface area contributed by atoms with E-state index in [1.165, 1.54) is 12.1 Å². The summed E-state index contributed by atoms with van der Waals surface area (Å²) in [6, 6.07) is 8.05. The molecule has 110 valence electrons. The molecule has 1 atom stereocenters. The quantitative estimate of drug-likeness (QED) is 0.756. The van der Waals surface area contributed by atoms with Gasteiger partial charge < -0.3 is 9.47 Å². The lowest BCUT2D eigenvalue weighted by atomic mass is 9.98. The summed E-state index contributed by atoms with van der Waals surface area (Å²) < 4.78 is 24.7. The van der Waals surface area contributed by atoms with E-state index in [1.54, 1.807) is 25.3 Å². The molecule has 2 nitrogen and oxygen atoms in total. The average molecular weight is 327 g/mol. The van der Waals surface area contributed by atoms with Gasteiger partial charge in [-0.25, -0.2) is 4.39 Å². The predicted octanol–water partition coefficient (Wildman–Crippen LogP) is 4.75. The number of methoxy groups -OCH3 is 1. The molecule has 1 heterocycles. The van der Waals surface area contributed by atoms with Crippen LogP contribution in [0.4, 0.5) is 4.39 Å². The molecule has 0 aromatic heterocycles. The number of hydrogen-bond donors (Lipinski definition) is 0. The van der Waals surface area contributed by atoms with Crippen molar-refractivity contribution in [2.45, 2.75) is 12.5 Å². The Balaban J connectivity index is 2.18. The van der Waals surface area contributed by atoms with Gasteiger partial charge in [0, 0.05) is 23.1 Å². The van der Waals surface area contributed by atoms with Gasteiger partial charge >= 0.3 is 0 Å². The van der Waals surface area contributed by atoms with E-state index in [0.29, 0.717) is 39.9 Å². The van der Waals surface area contributed by atoms with E-state index in [0.717, 1.165) is 5.56 Å². The third-order valence-corrected chi connectivity index (χ3v) is 4.05. The highest BCUT2D eigenvalue weighted by molar-refractivity contribution is 6.39. The minimum Gasteiger partial charge on any atom is -0.496 e. The largest absolute Gasteiger partial charge is 0.496 e. The molecule has 1 aliphatic rings. The van der Waals surface area contributed by atoms with Gasteiger partial charge in [0.15, 0.2) is 0 Å². The SMILES string of the molecule is COc1c(C[C@H]2CO2)cc(F)cc1-c1c(Cl)cccc1Cl. The predicted molar refractivity (Wildman–Crippen MR) is 81.9 cm³/mol. The van der Waals surface area contributed by atoms with E-state index in [1.807, 2.05) is 0 Å². The maximum atomic E-state index is 14.0. The summed E-state index contributed by atoms with van der Waals surface area (Å²) in [6.07, 6.45) is 0.742. The minimum absolute atomic E-state index is 0.135. The zero-order chi connectivity index (χ0) is 15.0. The minimum atomic E-state index is -0.350. The monoisotopic (exact) mass is 326 g/mol. The molecule has 0 bridgehead atoms. The molecule has 0 aliphatic carbocycles. The molecule has 1 saturated heterocycles. The van der Waals surface area contributed by atoms with Crippen molar-refractivity contribution in [1.29, 1.82) is 0 Å². The van der Waals surface area contributed by atoms with Crippen LogP contribution in [0, 0.1) is 5.82 Å². The highest BCUT2D eigenvalue weighted by atomic mass is 35.5. The number of benzene rings is 2. The second kappa shape index (κ2) is 5.84. The summed E-state index contributed by atoms with van der Waals surface area (Å²) in [7, 11) is 1.55. The maximum absolute atomic E-state index is 14.0. The van der Waals surface area contributed by atoms with Crippen molar-refractivity contribution in [3.63, 3.8) is 0 Å². The van der Waals surface area contributed by atoms with Gasteiger partial charge in [0.2, 0.25) is 0 Å². The standard InChI is InChI=1S/C16H13Cl2FO2/c1-20-16-9(6-11-8-21-11)5-10(19)7-12(16)15-13(17)3-2-4-14(15)18/h2-5,7,11H,6,8H2,1H3/t11-/m0/s1. The van der Waals surface area contributed by atoms with Crippen LogP contribution in [-0.2, 0) is 11.2 Å². The second-order valence-corrected chi connectivity index (χ2v) is 5.72. The Bertz CT molecular complexity index is 664. The van der Waals surface area contributed by atoms with Crippen molar-refractivity contribution in [3.8, 4) is 16.9 Å². The lowest BCUT2D eigenvalue weighted by Crippen LogP contribution is -2.01. The lowest BCUT2D eigenvalue weighted by Gasteiger charge is -2.16. The topological polar surface area (TPSA) is 21.8 Å². The number of ether oxygens (including phenoxy) is 2. The van der Waals surface area contributed by atoms with E-state index in [-0.39, 0.29) is 11.9 Å². The Hall–Kier alpha value is -1.29. The highest BCUT2D eigenvalue weighted by Gasteiger charge is 2.26. The molecule has 0 radical (unpaired) electrons. The second-order valence-electron chi connectivity index (χ2n) is 4.90. The molecule has 2 aromatic rings. The molecule has 5 heteroatoms. The Morgan fingerprint density at radius 2 is 1.95 bits per heavy atom. The molecule has 1 fully saturated rings. The summed E-state index contributed by atoms with van der Waals surface area (Å²) in [4.78, 5) is 0. The number of halogens is 3. The average Bonchev–Trinajstić information content (AvgIpc) is 3.22. The van der Waals surface area contributed by atoms with Crippen LogP contribution >= 0.6 is 23.2 Å². The van der Waals surface area contributed by atoms with Crippen molar-refractivity contribution in [1.82, 2.24) is 0 Å². The number of epoxide rings is 1. The third-order valence-electron chi connectivity index (χ3n) is 3.42. The first kappa shape index (κ1) is 14.6. The summed E-state index contributed by atoms with van der Waals surface area (Å²) in [6.45, 7) is 0.696. The van der Waals surface area contributed by atoms with Crippen LogP contribution in [0.1, 0.15) is 5.56 Å². The van der Waals surface area contributed by atoms with Gasteiger partial charge in [0.25, 0.3) is 0 Å². The first-order chi connectivity index (χ1) is 10.1. The van der Waals surface area contributed by atoms with Gasteiger partial charge in [-0.1, -0.05) is 29.3 Å². The van der Waals surface area contributed by atoms with Gasteiger partial charge in [0.05, 0.1) is 29.9 Å². The molecule has 0 N–H and O–H groups in total. The molecular weight excluding hydrogens is 314 g/mol. The van der Waals surface area contributed by atoms with Crippen molar-refractivity contribution in [3.05, 3.63) is 51.8 Å².